The number of carbonyl (C=O) groups is 2. The monoisotopic (exact) mass is 460 g/mol. The molecule has 9 heteroatoms. The summed E-state index contributed by atoms with van der Waals surface area (Å²) in [5, 5.41) is 17.6. The van der Waals surface area contributed by atoms with Crippen molar-refractivity contribution in [1.29, 1.82) is 0 Å². The molecule has 0 spiro atoms. The summed E-state index contributed by atoms with van der Waals surface area (Å²) in [4.78, 5) is 21.7. The Morgan fingerprint density at radius 1 is 0.758 bits per heavy atom. The lowest BCUT2D eigenvalue weighted by Gasteiger charge is -2.29. The molecule has 2 aromatic carbocycles. The lowest BCUT2D eigenvalue weighted by atomic mass is 10.2. The van der Waals surface area contributed by atoms with Gasteiger partial charge in [-0.3, -0.25) is 9.59 Å². The van der Waals surface area contributed by atoms with Gasteiger partial charge in [-0.2, -0.15) is 0 Å². The molecule has 9 nitrogen and oxygen atoms in total. The first-order valence-corrected chi connectivity index (χ1v) is 10.7. The summed E-state index contributed by atoms with van der Waals surface area (Å²) in [6.45, 7) is 1.16. The molecule has 0 bridgehead atoms. The molecule has 2 aromatic rings. The molecule has 0 aliphatic carbocycles. The van der Waals surface area contributed by atoms with Gasteiger partial charge in [-0.05, 0) is 0 Å². The molecule has 2 aliphatic heterocycles. The molecule has 0 unspecified atom stereocenters. The van der Waals surface area contributed by atoms with Crippen molar-refractivity contribution in [2.24, 2.45) is 0 Å². The predicted octanol–water partition coefficient (Wildman–Crippen LogP) is 2.60. The van der Waals surface area contributed by atoms with E-state index in [2.05, 4.69) is 0 Å². The highest BCUT2D eigenvalue weighted by atomic mass is 16.7. The molecule has 0 radical (unpaired) electrons. The van der Waals surface area contributed by atoms with Crippen molar-refractivity contribution in [3.8, 4) is 0 Å². The number of hydrogen-bond acceptors (Lipinski definition) is 8. The zero-order valence-corrected chi connectivity index (χ0v) is 18.1. The molecule has 2 aliphatic rings. The summed E-state index contributed by atoms with van der Waals surface area (Å²) in [7, 11) is 0. The Morgan fingerprint density at radius 2 is 1.21 bits per heavy atom. The third-order valence-electron chi connectivity index (χ3n) is 4.73. The van der Waals surface area contributed by atoms with E-state index in [0.29, 0.717) is 13.2 Å². The zero-order valence-electron chi connectivity index (χ0n) is 18.1. The van der Waals surface area contributed by atoms with E-state index >= 15 is 0 Å². The van der Waals surface area contributed by atoms with Gasteiger partial charge in [0.25, 0.3) is 0 Å². The first kappa shape index (κ1) is 24.8. The number of aliphatic hydroxyl groups is 1. The molecule has 4 rings (SSSR count). The molecule has 2 saturated heterocycles. The number of aliphatic hydroxyl groups excluding tert-OH is 1. The van der Waals surface area contributed by atoms with Crippen molar-refractivity contribution in [3.63, 3.8) is 0 Å². The maximum absolute atomic E-state index is 11.4. The van der Waals surface area contributed by atoms with E-state index in [9.17, 15) is 9.59 Å². The summed E-state index contributed by atoms with van der Waals surface area (Å²) in [5.74, 6) is -1.58. The van der Waals surface area contributed by atoms with Crippen molar-refractivity contribution in [2.45, 2.75) is 37.6 Å². The number of aliphatic carboxylic acids is 1. The Hall–Kier alpha value is -2.82. The van der Waals surface area contributed by atoms with Crippen molar-refractivity contribution < 1.29 is 43.5 Å². The van der Waals surface area contributed by atoms with E-state index in [4.69, 9.17) is 33.9 Å². The summed E-state index contributed by atoms with van der Waals surface area (Å²) in [6, 6.07) is 19.2. The second-order valence-electron chi connectivity index (χ2n) is 7.48. The number of esters is 1. The van der Waals surface area contributed by atoms with Gasteiger partial charge in [0.1, 0.15) is 12.2 Å². The minimum Gasteiger partial charge on any atom is -0.481 e. The van der Waals surface area contributed by atoms with E-state index in [-0.39, 0.29) is 32.3 Å². The number of carboxylic acids is 1. The van der Waals surface area contributed by atoms with Crippen molar-refractivity contribution >= 4 is 11.9 Å². The third kappa shape index (κ3) is 8.56. The van der Waals surface area contributed by atoms with E-state index in [1.807, 2.05) is 60.7 Å². The first-order chi connectivity index (χ1) is 16.0. The Morgan fingerprint density at radius 3 is 1.67 bits per heavy atom. The fourth-order valence-corrected chi connectivity index (χ4v) is 3.11. The van der Waals surface area contributed by atoms with Crippen LogP contribution in [-0.4, -0.2) is 60.8 Å². The van der Waals surface area contributed by atoms with Gasteiger partial charge < -0.3 is 33.9 Å². The van der Waals surface area contributed by atoms with Crippen LogP contribution >= 0.6 is 0 Å². The fraction of sp³-hybridized carbons (Fsp3) is 0.417. The molecular formula is C24H28O9. The standard InChI is InChI=1S/C14H16O6.C10H12O3/c15-12(16)6-7-13(17)20-11-8-18-14(19-9-11)10-4-2-1-3-5-10;11-9-6-12-10(13-7-9)8-4-2-1-3-5-8/h1-5,11,14H,6-9H2,(H,15,16);1-5,9-11H,6-7H2. The number of benzene rings is 2. The molecule has 0 aromatic heterocycles. The van der Waals surface area contributed by atoms with Crippen molar-refractivity contribution in [3.05, 3.63) is 71.8 Å². The highest BCUT2D eigenvalue weighted by Gasteiger charge is 2.26. The quantitative estimate of drug-likeness (QED) is 0.627. The van der Waals surface area contributed by atoms with Gasteiger partial charge in [-0.1, -0.05) is 60.7 Å². The van der Waals surface area contributed by atoms with Crippen LogP contribution in [0.15, 0.2) is 60.7 Å². The molecule has 0 amide bonds. The molecular weight excluding hydrogens is 432 g/mol. The molecule has 0 atom stereocenters. The van der Waals surface area contributed by atoms with Gasteiger partial charge in [0.2, 0.25) is 0 Å². The Kier molecular flexibility index (Phi) is 9.79. The average molecular weight is 460 g/mol. The van der Waals surface area contributed by atoms with Gasteiger partial charge in [-0.25, -0.2) is 0 Å². The smallest absolute Gasteiger partial charge is 0.306 e. The highest BCUT2D eigenvalue weighted by molar-refractivity contribution is 5.76. The molecule has 33 heavy (non-hydrogen) atoms. The second-order valence-corrected chi connectivity index (χ2v) is 7.48. The summed E-state index contributed by atoms with van der Waals surface area (Å²) >= 11 is 0. The van der Waals surface area contributed by atoms with E-state index < -0.39 is 30.4 Å². The summed E-state index contributed by atoms with van der Waals surface area (Å²) < 4.78 is 26.7. The normalized spacial score (nSPS) is 24.8. The topological polar surface area (TPSA) is 121 Å². The van der Waals surface area contributed by atoms with Gasteiger partial charge >= 0.3 is 11.9 Å². The number of rotatable bonds is 6. The van der Waals surface area contributed by atoms with Crippen LogP contribution in [0.2, 0.25) is 0 Å². The number of carbonyl (C=O) groups excluding carboxylic acids is 1. The largest absolute Gasteiger partial charge is 0.481 e. The Labute approximate surface area is 191 Å². The van der Waals surface area contributed by atoms with Crippen LogP contribution in [0.4, 0.5) is 0 Å². The van der Waals surface area contributed by atoms with Crippen LogP contribution in [0.3, 0.4) is 0 Å². The summed E-state index contributed by atoms with van der Waals surface area (Å²) in [5.41, 5.74) is 1.90. The van der Waals surface area contributed by atoms with Crippen LogP contribution in [0.1, 0.15) is 36.5 Å². The van der Waals surface area contributed by atoms with E-state index in [0.717, 1.165) is 11.1 Å². The van der Waals surface area contributed by atoms with Crippen molar-refractivity contribution in [1.82, 2.24) is 0 Å². The molecule has 0 saturated carbocycles. The van der Waals surface area contributed by atoms with E-state index in [1.165, 1.54) is 0 Å². The van der Waals surface area contributed by atoms with Gasteiger partial charge in [-0.15, -0.1) is 0 Å². The molecule has 2 N–H and O–H groups in total. The highest BCUT2D eigenvalue weighted by Crippen LogP contribution is 2.24. The number of ether oxygens (including phenoxy) is 5. The van der Waals surface area contributed by atoms with Crippen LogP contribution < -0.4 is 0 Å². The molecule has 2 fully saturated rings. The number of carboxylic acid groups (broad SMARTS) is 1. The van der Waals surface area contributed by atoms with Gasteiger partial charge in [0.15, 0.2) is 12.6 Å². The number of hydrogen-bond donors (Lipinski definition) is 2. The third-order valence-corrected chi connectivity index (χ3v) is 4.73. The van der Waals surface area contributed by atoms with Crippen molar-refractivity contribution in [2.75, 3.05) is 26.4 Å². The fourth-order valence-electron chi connectivity index (χ4n) is 3.11. The average Bonchev–Trinajstić information content (AvgIpc) is 2.85. The van der Waals surface area contributed by atoms with Crippen LogP contribution in [0.25, 0.3) is 0 Å². The van der Waals surface area contributed by atoms with Crippen LogP contribution in [-0.2, 0) is 33.3 Å². The van der Waals surface area contributed by atoms with Gasteiger partial charge in [0, 0.05) is 11.1 Å². The minimum absolute atomic E-state index is 0.145. The maximum Gasteiger partial charge on any atom is 0.306 e. The first-order valence-electron chi connectivity index (χ1n) is 10.7. The molecule has 178 valence electrons. The molecule has 2 heterocycles. The van der Waals surface area contributed by atoms with Gasteiger partial charge in [0.05, 0.1) is 39.3 Å². The minimum atomic E-state index is -1.03. The predicted molar refractivity (Wildman–Crippen MR) is 115 cm³/mol. The Bertz CT molecular complexity index is 843. The Balaban J connectivity index is 0.000000203. The van der Waals surface area contributed by atoms with Crippen LogP contribution in [0.5, 0.6) is 0 Å². The lowest BCUT2D eigenvalue weighted by molar-refractivity contribution is -0.229. The van der Waals surface area contributed by atoms with E-state index in [1.54, 1.807) is 0 Å². The maximum atomic E-state index is 11.4. The van der Waals surface area contributed by atoms with Crippen LogP contribution in [0, 0.1) is 0 Å². The second kappa shape index (κ2) is 13.0. The SMILES string of the molecule is O=C(O)CCC(=O)OC1COC(c2ccccc2)OC1.OC1COC(c2ccccc2)OC1. The zero-order chi connectivity index (χ0) is 23.5. The lowest BCUT2D eigenvalue weighted by Crippen LogP contribution is -2.35. The summed E-state index contributed by atoms with van der Waals surface area (Å²) in [6.07, 6.45) is -2.13.